The molecule has 2 amide bonds. The normalized spacial score (nSPS) is 13.1. The summed E-state index contributed by atoms with van der Waals surface area (Å²) < 4.78 is 2.14. The van der Waals surface area contributed by atoms with Gasteiger partial charge in [0.05, 0.1) is 33.5 Å². The van der Waals surface area contributed by atoms with E-state index in [0.29, 0.717) is 22.5 Å². The number of nitrogens with zero attached hydrogens (tertiary/aromatic N) is 3. The Kier molecular flexibility index (Phi) is 5.04. The Morgan fingerprint density at radius 2 is 1.33 bits per heavy atom. The highest BCUT2D eigenvalue weighted by molar-refractivity contribution is 6.36. The number of carbonyl (C=O) groups is 2. The monoisotopic (exact) mass is 507 g/mol. The third kappa shape index (κ3) is 3.29. The van der Waals surface area contributed by atoms with Gasteiger partial charge in [-0.1, -0.05) is 60.2 Å². The zero-order valence-corrected chi connectivity index (χ0v) is 21.9. The minimum atomic E-state index is -0.298. The van der Waals surface area contributed by atoms with Crippen LogP contribution in [0.15, 0.2) is 97.3 Å². The fraction of sp³-hybridized carbons (Fsp3) is 0.0882. The summed E-state index contributed by atoms with van der Waals surface area (Å²) in [5.74, 6) is -0.588. The van der Waals surface area contributed by atoms with Crippen LogP contribution in [0.1, 0.15) is 37.4 Å². The molecular weight excluding hydrogens is 482 g/mol. The first kappa shape index (κ1) is 23.1. The molecule has 0 fully saturated rings. The predicted molar refractivity (Wildman–Crippen MR) is 156 cm³/mol. The quantitative estimate of drug-likeness (QED) is 0.232. The maximum atomic E-state index is 14.2. The van der Waals surface area contributed by atoms with E-state index < -0.39 is 0 Å². The van der Waals surface area contributed by atoms with Gasteiger partial charge in [0.25, 0.3) is 11.8 Å². The number of para-hydroxylation sites is 2. The largest absolute Gasteiger partial charge is 0.308 e. The number of pyridine rings is 1. The molecule has 0 spiro atoms. The number of hydrogen-bond acceptors (Lipinski definition) is 3. The molecule has 2 aromatic heterocycles. The lowest BCUT2D eigenvalue weighted by atomic mass is 10.0. The lowest BCUT2D eigenvalue weighted by Gasteiger charge is -2.20. The Morgan fingerprint density at radius 3 is 2.10 bits per heavy atom. The van der Waals surface area contributed by atoms with Crippen molar-refractivity contribution in [2.45, 2.75) is 20.8 Å². The molecule has 0 N–H and O–H groups in total. The number of aromatic nitrogens is 2. The topological polar surface area (TPSA) is 55.2 Å². The van der Waals surface area contributed by atoms with Gasteiger partial charge in [-0.15, -0.1) is 0 Å². The summed E-state index contributed by atoms with van der Waals surface area (Å²) >= 11 is 0. The SMILES string of the molecule is Cc1cc(C)c(N2C(=O)c3cccc(-n4c5ccccc5c5cccc(-c6ccncc6)c54)c3C2=O)c(C)c1. The Balaban J connectivity index is 1.54. The molecule has 0 unspecified atom stereocenters. The number of amides is 2. The van der Waals surface area contributed by atoms with E-state index >= 15 is 0 Å². The second kappa shape index (κ2) is 8.50. The van der Waals surface area contributed by atoms with Crippen molar-refractivity contribution in [3.8, 4) is 16.8 Å². The van der Waals surface area contributed by atoms with Gasteiger partial charge in [0.15, 0.2) is 0 Å². The van der Waals surface area contributed by atoms with Gasteiger partial charge in [0, 0.05) is 28.7 Å². The van der Waals surface area contributed by atoms with E-state index in [1.54, 1.807) is 18.5 Å². The molecule has 5 heteroatoms. The van der Waals surface area contributed by atoms with Gasteiger partial charge >= 0.3 is 0 Å². The zero-order chi connectivity index (χ0) is 26.8. The van der Waals surface area contributed by atoms with Crippen LogP contribution in [-0.4, -0.2) is 21.4 Å². The van der Waals surface area contributed by atoms with Crippen molar-refractivity contribution in [1.82, 2.24) is 9.55 Å². The van der Waals surface area contributed by atoms with Crippen LogP contribution in [0, 0.1) is 20.8 Å². The van der Waals surface area contributed by atoms with E-state index in [-0.39, 0.29) is 11.8 Å². The molecule has 0 atom stereocenters. The number of carbonyl (C=O) groups excluding carboxylic acids is 2. The summed E-state index contributed by atoms with van der Waals surface area (Å²) in [6.45, 7) is 5.93. The van der Waals surface area contributed by atoms with E-state index in [2.05, 4.69) is 39.9 Å². The second-order valence-corrected chi connectivity index (χ2v) is 10.2. The van der Waals surface area contributed by atoms with Gasteiger partial charge in [-0.05, 0) is 67.8 Å². The van der Waals surface area contributed by atoms with Crippen LogP contribution in [0.25, 0.3) is 38.6 Å². The second-order valence-electron chi connectivity index (χ2n) is 10.2. The van der Waals surface area contributed by atoms with Crippen LogP contribution in [-0.2, 0) is 0 Å². The lowest BCUT2D eigenvalue weighted by molar-refractivity contribution is 0.0925. The number of rotatable bonds is 3. The number of fused-ring (bicyclic) bond motifs is 4. The third-order valence-electron chi connectivity index (χ3n) is 7.68. The van der Waals surface area contributed by atoms with Crippen molar-refractivity contribution in [2.75, 3.05) is 4.90 Å². The van der Waals surface area contributed by atoms with Crippen molar-refractivity contribution >= 4 is 39.3 Å². The highest BCUT2D eigenvalue weighted by atomic mass is 16.2. The Labute approximate surface area is 226 Å². The van der Waals surface area contributed by atoms with Crippen molar-refractivity contribution in [2.24, 2.45) is 0 Å². The molecule has 1 aliphatic rings. The highest BCUT2D eigenvalue weighted by Crippen LogP contribution is 2.41. The summed E-state index contributed by atoms with van der Waals surface area (Å²) in [6, 6.07) is 28.0. The minimum absolute atomic E-state index is 0.290. The molecule has 39 heavy (non-hydrogen) atoms. The van der Waals surface area contributed by atoms with E-state index in [1.807, 2.05) is 69.3 Å². The maximum Gasteiger partial charge on any atom is 0.268 e. The first-order valence-electron chi connectivity index (χ1n) is 13.0. The van der Waals surface area contributed by atoms with Crippen LogP contribution >= 0.6 is 0 Å². The fourth-order valence-corrected chi connectivity index (χ4v) is 6.22. The van der Waals surface area contributed by atoms with Crippen molar-refractivity contribution in [3.63, 3.8) is 0 Å². The van der Waals surface area contributed by atoms with E-state index in [0.717, 1.165) is 49.6 Å². The summed E-state index contributed by atoms with van der Waals surface area (Å²) in [4.78, 5) is 33.6. The average Bonchev–Trinajstić information content (AvgIpc) is 3.41. The van der Waals surface area contributed by atoms with Gasteiger partial charge in [0.1, 0.15) is 0 Å². The lowest BCUT2D eigenvalue weighted by Crippen LogP contribution is -2.31. The average molecular weight is 508 g/mol. The minimum Gasteiger partial charge on any atom is -0.308 e. The third-order valence-corrected chi connectivity index (χ3v) is 7.68. The first-order valence-corrected chi connectivity index (χ1v) is 13.0. The van der Waals surface area contributed by atoms with E-state index in [1.165, 1.54) is 4.90 Å². The summed E-state index contributed by atoms with van der Waals surface area (Å²) in [6.07, 6.45) is 3.57. The molecule has 6 aromatic rings. The van der Waals surface area contributed by atoms with Crippen molar-refractivity contribution < 1.29 is 9.59 Å². The summed E-state index contributed by atoms with van der Waals surface area (Å²) in [7, 11) is 0. The molecule has 0 radical (unpaired) electrons. The van der Waals surface area contributed by atoms with Crippen molar-refractivity contribution in [3.05, 3.63) is 125 Å². The standard InChI is InChI=1S/C34H25N3O2/c1-20-18-21(2)31(22(3)19-20)37-33(38)27-11-7-13-29(30(27)34(37)39)36-28-12-5-4-8-25(28)26-10-6-9-24(32(26)36)23-14-16-35-17-15-23/h4-19H,1-3H3. The molecule has 0 saturated carbocycles. The molecule has 1 aliphatic heterocycles. The van der Waals surface area contributed by atoms with Crippen LogP contribution in [0.3, 0.4) is 0 Å². The molecule has 4 aromatic carbocycles. The molecule has 3 heterocycles. The zero-order valence-electron chi connectivity index (χ0n) is 21.9. The van der Waals surface area contributed by atoms with Crippen LogP contribution in [0.2, 0.25) is 0 Å². The molecule has 5 nitrogen and oxygen atoms in total. The predicted octanol–water partition coefficient (Wildman–Crippen LogP) is 7.57. The number of anilines is 1. The summed E-state index contributed by atoms with van der Waals surface area (Å²) in [5.41, 5.74) is 9.13. The highest BCUT2D eigenvalue weighted by Gasteiger charge is 2.40. The summed E-state index contributed by atoms with van der Waals surface area (Å²) in [5, 5.41) is 2.16. The molecule has 7 rings (SSSR count). The Morgan fingerprint density at radius 1 is 0.667 bits per heavy atom. The number of hydrogen-bond donors (Lipinski definition) is 0. The van der Waals surface area contributed by atoms with Crippen molar-refractivity contribution in [1.29, 1.82) is 0 Å². The van der Waals surface area contributed by atoms with Crippen LogP contribution in [0.5, 0.6) is 0 Å². The first-order chi connectivity index (χ1) is 19.0. The van der Waals surface area contributed by atoms with Gasteiger partial charge in [-0.2, -0.15) is 0 Å². The van der Waals surface area contributed by atoms with E-state index in [9.17, 15) is 9.59 Å². The van der Waals surface area contributed by atoms with Gasteiger partial charge < -0.3 is 4.57 Å². The van der Waals surface area contributed by atoms with Crippen LogP contribution in [0.4, 0.5) is 5.69 Å². The molecular formula is C34H25N3O2. The Hall–Kier alpha value is -5.03. The smallest absolute Gasteiger partial charge is 0.268 e. The molecule has 0 bridgehead atoms. The van der Waals surface area contributed by atoms with Gasteiger partial charge in [-0.3, -0.25) is 14.6 Å². The van der Waals surface area contributed by atoms with Crippen LogP contribution < -0.4 is 4.90 Å². The Bertz CT molecular complexity index is 1960. The maximum absolute atomic E-state index is 14.2. The van der Waals surface area contributed by atoms with Gasteiger partial charge in [-0.25, -0.2) is 4.90 Å². The molecule has 0 aliphatic carbocycles. The number of benzene rings is 4. The fourth-order valence-electron chi connectivity index (χ4n) is 6.22. The molecule has 0 saturated heterocycles. The van der Waals surface area contributed by atoms with E-state index in [4.69, 9.17) is 0 Å². The number of aryl methyl sites for hydroxylation is 3. The van der Waals surface area contributed by atoms with Gasteiger partial charge in [0.2, 0.25) is 0 Å². The number of imide groups is 1. The molecule has 188 valence electrons.